The summed E-state index contributed by atoms with van der Waals surface area (Å²) in [6.07, 6.45) is 9.54. The molecule has 48 heavy (non-hydrogen) atoms. The Bertz CT molecular complexity index is 1650. The highest BCUT2D eigenvalue weighted by Gasteiger charge is 2.44. The number of fused-ring (bicyclic) bond motifs is 4. The lowest BCUT2D eigenvalue weighted by molar-refractivity contribution is -0.129. The summed E-state index contributed by atoms with van der Waals surface area (Å²) in [5.74, 6) is 0.0926. The number of aliphatic hydroxyl groups is 1. The van der Waals surface area contributed by atoms with E-state index in [1.807, 2.05) is 18.2 Å². The summed E-state index contributed by atoms with van der Waals surface area (Å²) in [6.45, 7) is 3.48. The number of hydrogen-bond acceptors (Lipinski definition) is 8. The van der Waals surface area contributed by atoms with Crippen molar-refractivity contribution in [3.63, 3.8) is 0 Å². The van der Waals surface area contributed by atoms with Gasteiger partial charge in [0, 0.05) is 35.6 Å². The third-order valence-corrected chi connectivity index (χ3v) is 12.8. The van der Waals surface area contributed by atoms with Gasteiger partial charge < -0.3 is 24.8 Å². The van der Waals surface area contributed by atoms with Crippen molar-refractivity contribution in [2.24, 2.45) is 11.8 Å². The highest BCUT2D eigenvalue weighted by Crippen LogP contribution is 2.47. The highest BCUT2D eigenvalue weighted by atomic mass is 35.5. The summed E-state index contributed by atoms with van der Waals surface area (Å²) in [4.78, 5) is 28.2. The van der Waals surface area contributed by atoms with Crippen LogP contribution >= 0.6 is 11.6 Å². The molecule has 2 aliphatic heterocycles. The molecule has 0 radical (unpaired) electrons. The number of aliphatic hydroxyl groups excluding tert-OH is 1. The standard InChI is InChI=1S/C36H46ClN3O7S/c1-2-28-7-3-4-8-32(46-21-34(42)38-16-17-41)29-12-9-26(29)20-40-22-36(15-5-6-24-18-27(37)11-13-30(24)36)23-47-33-14-10-25(19-31(33)40)35(43)39-48(28,44)45/h4,8,10-11,13-14,18-19,26,28-29,32,41H,2-3,5-7,9,12,15-17,20-23H2,1H3,(H,38,42)(H,39,43)/b8-4+/t26-,28+,29+,32-,36-/m0/s1. The number of ether oxygens (including phenoxy) is 2. The van der Waals surface area contributed by atoms with Crippen LogP contribution in [0.5, 0.6) is 5.75 Å². The minimum Gasteiger partial charge on any atom is -0.490 e. The molecule has 3 N–H and O–H groups in total. The molecular weight excluding hydrogens is 654 g/mol. The Morgan fingerprint density at radius 3 is 2.83 bits per heavy atom. The summed E-state index contributed by atoms with van der Waals surface area (Å²) in [7, 11) is -3.95. The maximum atomic E-state index is 13.5. The van der Waals surface area contributed by atoms with E-state index in [9.17, 15) is 18.0 Å². The Hall–Kier alpha value is -3.12. The lowest BCUT2D eigenvalue weighted by atomic mass is 9.68. The normalized spacial score (nSPS) is 28.9. The quantitative estimate of drug-likeness (QED) is 0.375. The number of aryl methyl sites for hydroxylation is 1. The first kappa shape index (κ1) is 34.7. The minimum atomic E-state index is -3.95. The van der Waals surface area contributed by atoms with Crippen molar-refractivity contribution in [1.29, 1.82) is 0 Å². The van der Waals surface area contributed by atoms with Crippen LogP contribution < -0.4 is 19.7 Å². The Balaban J connectivity index is 1.38. The second-order valence-corrected chi connectivity index (χ2v) is 16.0. The highest BCUT2D eigenvalue weighted by molar-refractivity contribution is 7.90. The van der Waals surface area contributed by atoms with Crippen LogP contribution in [0.4, 0.5) is 5.69 Å². The Morgan fingerprint density at radius 2 is 2.06 bits per heavy atom. The molecule has 2 aromatic rings. The second kappa shape index (κ2) is 14.8. The molecule has 5 atom stereocenters. The first-order chi connectivity index (χ1) is 23.1. The molecule has 0 saturated heterocycles. The van der Waals surface area contributed by atoms with Crippen molar-refractivity contribution < 1.29 is 32.6 Å². The number of amides is 2. The van der Waals surface area contributed by atoms with E-state index < -0.39 is 21.2 Å². The van der Waals surface area contributed by atoms with E-state index in [-0.39, 0.29) is 54.6 Å². The molecule has 2 heterocycles. The molecular formula is C36H46ClN3O7S. The van der Waals surface area contributed by atoms with Gasteiger partial charge in [0.15, 0.2) is 0 Å². The minimum absolute atomic E-state index is 0.136. The van der Waals surface area contributed by atoms with E-state index in [4.69, 9.17) is 26.2 Å². The van der Waals surface area contributed by atoms with Gasteiger partial charge in [-0.05, 0) is 105 Å². The summed E-state index contributed by atoms with van der Waals surface area (Å²) in [6, 6.07) is 11.3. The SMILES string of the molecule is CC[C@@H]1CC/C=C/[C@H](OCC(=O)NCCO)[C@@H]2CC[C@H]2CN2C[C@@]3(CCCc4cc(Cl)ccc43)COc3ccc(cc32)C(=O)NS1(=O)=O. The molecule has 2 aliphatic carbocycles. The lowest BCUT2D eigenvalue weighted by Crippen LogP contribution is -2.50. The number of benzene rings is 2. The zero-order valence-corrected chi connectivity index (χ0v) is 29.0. The molecule has 12 heteroatoms. The van der Waals surface area contributed by atoms with Gasteiger partial charge in [-0.2, -0.15) is 0 Å². The van der Waals surface area contributed by atoms with Crippen molar-refractivity contribution in [2.75, 3.05) is 44.4 Å². The smallest absolute Gasteiger partial charge is 0.264 e. The molecule has 2 aromatic carbocycles. The van der Waals surface area contributed by atoms with Gasteiger partial charge in [-0.1, -0.05) is 36.7 Å². The van der Waals surface area contributed by atoms with E-state index in [1.165, 1.54) is 11.1 Å². The Kier molecular flexibility index (Phi) is 10.7. The maximum Gasteiger partial charge on any atom is 0.264 e. The van der Waals surface area contributed by atoms with Crippen LogP contribution in [0.15, 0.2) is 48.6 Å². The van der Waals surface area contributed by atoms with Crippen molar-refractivity contribution in [3.05, 3.63) is 70.3 Å². The zero-order valence-electron chi connectivity index (χ0n) is 27.5. The number of halogens is 1. The summed E-state index contributed by atoms with van der Waals surface area (Å²) >= 11 is 6.42. The predicted octanol–water partition coefficient (Wildman–Crippen LogP) is 4.52. The third kappa shape index (κ3) is 7.39. The Labute approximate surface area is 288 Å². The fourth-order valence-electron chi connectivity index (χ4n) is 7.90. The van der Waals surface area contributed by atoms with Gasteiger partial charge >= 0.3 is 0 Å². The molecule has 0 aromatic heterocycles. The monoisotopic (exact) mass is 699 g/mol. The topological polar surface area (TPSA) is 134 Å². The number of anilines is 1. The fraction of sp³-hybridized carbons (Fsp3) is 0.556. The van der Waals surface area contributed by atoms with Crippen LogP contribution in [0.1, 0.15) is 73.4 Å². The van der Waals surface area contributed by atoms with E-state index in [1.54, 1.807) is 25.1 Å². The molecule has 4 aliphatic rings. The van der Waals surface area contributed by atoms with Crippen LogP contribution in [-0.4, -0.2) is 76.1 Å². The van der Waals surface area contributed by atoms with Crippen LogP contribution in [0.2, 0.25) is 5.02 Å². The van der Waals surface area contributed by atoms with Crippen LogP contribution in [0, 0.1) is 11.8 Å². The molecule has 6 rings (SSSR count). The van der Waals surface area contributed by atoms with E-state index in [2.05, 4.69) is 27.1 Å². The van der Waals surface area contributed by atoms with Gasteiger partial charge in [-0.3, -0.25) is 9.59 Å². The van der Waals surface area contributed by atoms with Gasteiger partial charge in [0.25, 0.3) is 5.91 Å². The summed E-state index contributed by atoms with van der Waals surface area (Å²) in [5, 5.41) is 11.7. The number of nitrogens with zero attached hydrogens (tertiary/aromatic N) is 1. The average Bonchev–Trinajstić information content (AvgIpc) is 3.20. The number of rotatable bonds is 6. The first-order valence-corrected chi connectivity index (χ1v) is 19.1. The summed E-state index contributed by atoms with van der Waals surface area (Å²) < 4.78 is 41.9. The van der Waals surface area contributed by atoms with Gasteiger partial charge in [0.1, 0.15) is 12.4 Å². The van der Waals surface area contributed by atoms with Crippen molar-refractivity contribution >= 4 is 39.1 Å². The van der Waals surface area contributed by atoms with E-state index in [0.717, 1.165) is 37.8 Å². The molecule has 1 saturated carbocycles. The van der Waals surface area contributed by atoms with Gasteiger partial charge in [-0.15, -0.1) is 0 Å². The van der Waals surface area contributed by atoms with Crippen LogP contribution in [0.3, 0.4) is 0 Å². The van der Waals surface area contributed by atoms with Crippen molar-refractivity contribution in [2.45, 2.75) is 75.1 Å². The van der Waals surface area contributed by atoms with Gasteiger partial charge in [-0.25, -0.2) is 13.1 Å². The molecule has 2 amide bonds. The molecule has 260 valence electrons. The van der Waals surface area contributed by atoms with Crippen molar-refractivity contribution in [1.82, 2.24) is 10.0 Å². The van der Waals surface area contributed by atoms with Crippen molar-refractivity contribution in [3.8, 4) is 5.75 Å². The van der Waals surface area contributed by atoms with Gasteiger partial charge in [0.05, 0.1) is 30.3 Å². The Morgan fingerprint density at radius 1 is 1.21 bits per heavy atom. The maximum absolute atomic E-state index is 13.5. The van der Waals surface area contributed by atoms with Gasteiger partial charge in [0.2, 0.25) is 15.9 Å². The fourth-order valence-corrected chi connectivity index (χ4v) is 9.52. The average molecular weight is 700 g/mol. The lowest BCUT2D eigenvalue weighted by Gasteiger charge is -2.46. The second-order valence-electron chi connectivity index (χ2n) is 13.6. The summed E-state index contributed by atoms with van der Waals surface area (Å²) in [5.41, 5.74) is 3.18. The van der Waals surface area contributed by atoms with E-state index >= 15 is 0 Å². The van der Waals surface area contributed by atoms with Crippen LogP contribution in [-0.2, 0) is 31.4 Å². The number of hydrogen-bond donors (Lipinski definition) is 3. The number of nitrogens with one attached hydrogen (secondary N) is 2. The number of allylic oxidation sites excluding steroid dienone is 1. The zero-order chi connectivity index (χ0) is 33.9. The number of sulfonamides is 1. The molecule has 0 unspecified atom stereocenters. The predicted molar refractivity (Wildman–Crippen MR) is 185 cm³/mol. The molecule has 1 spiro atoms. The van der Waals surface area contributed by atoms with Crippen LogP contribution in [0.25, 0.3) is 0 Å². The first-order valence-electron chi connectivity index (χ1n) is 17.1. The largest absolute Gasteiger partial charge is 0.490 e. The van der Waals surface area contributed by atoms with E-state index in [0.29, 0.717) is 49.7 Å². The number of carbonyl (C=O) groups excluding carboxylic acids is 2. The number of carbonyl (C=O) groups is 2. The molecule has 2 bridgehead atoms. The third-order valence-electron chi connectivity index (χ3n) is 10.6. The molecule has 1 fully saturated rings. The molecule has 10 nitrogen and oxygen atoms in total.